The summed E-state index contributed by atoms with van der Waals surface area (Å²) in [6.45, 7) is 5.61. The van der Waals surface area contributed by atoms with Crippen molar-refractivity contribution in [2.45, 2.75) is 65.9 Å². The largest absolute Gasteiger partial charge is 0.464 e. The number of nitrogens with zero attached hydrogens (tertiary/aromatic N) is 3. The molecule has 0 saturated carbocycles. The molecule has 4 atom stereocenters. The number of nitro groups is 1. The molecule has 35 heavy (non-hydrogen) atoms. The molecule has 0 bridgehead atoms. The second-order valence-corrected chi connectivity index (χ2v) is 7.28. The van der Waals surface area contributed by atoms with Gasteiger partial charge in [0.1, 0.15) is 25.5 Å². The van der Waals surface area contributed by atoms with E-state index in [0.717, 1.165) is 40.8 Å². The number of imidazole rings is 1. The lowest BCUT2D eigenvalue weighted by molar-refractivity contribution is -0.389. The summed E-state index contributed by atoms with van der Waals surface area (Å²) in [5.74, 6) is -4.57. The van der Waals surface area contributed by atoms with Crippen molar-refractivity contribution in [1.82, 2.24) is 9.55 Å². The van der Waals surface area contributed by atoms with Gasteiger partial charge < -0.3 is 33.8 Å². The second kappa shape index (κ2) is 13.0. The van der Waals surface area contributed by atoms with E-state index in [4.69, 9.17) is 23.7 Å². The van der Waals surface area contributed by atoms with Gasteiger partial charge in [-0.25, -0.2) is 0 Å². The van der Waals surface area contributed by atoms with E-state index in [2.05, 4.69) is 4.98 Å². The maximum Gasteiger partial charge on any atom is 0.381 e. The number of aromatic nitrogens is 2. The molecule has 194 valence electrons. The predicted octanol–water partition coefficient (Wildman–Crippen LogP) is 0.562. The zero-order valence-electron chi connectivity index (χ0n) is 20.0. The standard InChI is InChI=1S/C20H27N3O12/c1-10-21-18(23(29)30)7-22(10)16(8-31-11(2)24)19(34-14(5)27)20(35-15(6)28)17(33-13(4)26)9-32-12(3)25/h7,16-17,19-20H,8-9H2,1-6H3/t16-,17+,19+,20+/m0/s1. The summed E-state index contributed by atoms with van der Waals surface area (Å²) in [4.78, 5) is 73.0. The number of esters is 5. The zero-order chi connectivity index (χ0) is 26.9. The Balaban J connectivity index is 3.71. The van der Waals surface area contributed by atoms with E-state index in [0.29, 0.717) is 0 Å². The molecule has 1 aromatic rings. The van der Waals surface area contributed by atoms with Crippen molar-refractivity contribution >= 4 is 35.7 Å². The molecule has 1 rings (SSSR count). The van der Waals surface area contributed by atoms with Gasteiger partial charge >= 0.3 is 35.7 Å². The van der Waals surface area contributed by atoms with Crippen LogP contribution in [0.3, 0.4) is 0 Å². The number of carbonyl (C=O) groups is 5. The number of hydrogen-bond donors (Lipinski definition) is 0. The summed E-state index contributed by atoms with van der Waals surface area (Å²) in [5.41, 5.74) is 0. The van der Waals surface area contributed by atoms with Crippen LogP contribution < -0.4 is 0 Å². The normalized spacial score (nSPS) is 14.0. The molecular formula is C20H27N3O12. The highest BCUT2D eigenvalue weighted by molar-refractivity contribution is 5.69. The Labute approximate surface area is 199 Å². The van der Waals surface area contributed by atoms with Crippen LogP contribution in [0.1, 0.15) is 46.5 Å². The minimum atomic E-state index is -1.60. The highest BCUT2D eigenvalue weighted by atomic mass is 16.6. The predicted molar refractivity (Wildman–Crippen MR) is 113 cm³/mol. The maximum atomic E-state index is 12.0. The van der Waals surface area contributed by atoms with Gasteiger partial charge in [0.2, 0.25) is 5.82 Å². The summed E-state index contributed by atoms with van der Waals surface area (Å²) in [5, 5.41) is 11.2. The minimum absolute atomic E-state index is 0.0663. The molecule has 0 aliphatic carbocycles. The molecular weight excluding hydrogens is 474 g/mol. The Bertz CT molecular complexity index is 973. The van der Waals surface area contributed by atoms with Crippen LogP contribution in [0.4, 0.5) is 5.82 Å². The Kier molecular flexibility index (Phi) is 10.8. The number of ether oxygens (including phenoxy) is 5. The second-order valence-electron chi connectivity index (χ2n) is 7.28. The van der Waals surface area contributed by atoms with Crippen molar-refractivity contribution in [3.05, 3.63) is 22.1 Å². The molecule has 0 N–H and O–H groups in total. The van der Waals surface area contributed by atoms with Crippen LogP contribution >= 0.6 is 0 Å². The SMILES string of the molecule is CC(=O)OC[C@@H](OC(C)=O)[C@@H](OC(C)=O)[C@H](OC(C)=O)[C@H](COC(C)=O)n1cc([N+](=O)[O-])nc1C. The lowest BCUT2D eigenvalue weighted by Gasteiger charge is -2.36. The summed E-state index contributed by atoms with van der Waals surface area (Å²) in [6.07, 6.45) is -3.61. The van der Waals surface area contributed by atoms with Crippen LogP contribution in [-0.4, -0.2) is 75.8 Å². The molecule has 0 radical (unpaired) electrons. The van der Waals surface area contributed by atoms with Gasteiger partial charge in [-0.05, 0) is 9.91 Å². The highest BCUT2D eigenvalue weighted by Crippen LogP contribution is 2.28. The number of carbonyl (C=O) groups excluding carboxylic acids is 5. The molecule has 0 aliphatic rings. The third-order valence-electron chi connectivity index (χ3n) is 4.35. The van der Waals surface area contributed by atoms with E-state index in [1.54, 1.807) is 0 Å². The van der Waals surface area contributed by atoms with Crippen LogP contribution in [0, 0.1) is 17.0 Å². The highest BCUT2D eigenvalue weighted by Gasteiger charge is 2.44. The number of hydrogen-bond acceptors (Lipinski definition) is 13. The molecule has 0 aromatic carbocycles. The molecule has 0 amide bonds. The quantitative estimate of drug-likeness (QED) is 0.167. The van der Waals surface area contributed by atoms with Crippen LogP contribution in [0.25, 0.3) is 0 Å². The summed E-state index contributed by atoms with van der Waals surface area (Å²) >= 11 is 0. The van der Waals surface area contributed by atoms with Gasteiger partial charge in [0.05, 0.1) is 0 Å². The van der Waals surface area contributed by atoms with E-state index < -0.39 is 78.2 Å². The first kappa shape index (κ1) is 29.0. The van der Waals surface area contributed by atoms with Gasteiger partial charge in [0.25, 0.3) is 0 Å². The Hall–Kier alpha value is -4.04. The van der Waals surface area contributed by atoms with Crippen LogP contribution in [0.2, 0.25) is 0 Å². The van der Waals surface area contributed by atoms with E-state index in [1.165, 1.54) is 11.5 Å². The molecule has 0 fully saturated rings. The van der Waals surface area contributed by atoms with Gasteiger partial charge in [0.15, 0.2) is 18.3 Å². The topological polar surface area (TPSA) is 192 Å². The summed E-state index contributed by atoms with van der Waals surface area (Å²) < 4.78 is 27.1. The molecule has 1 aromatic heterocycles. The smallest absolute Gasteiger partial charge is 0.381 e. The van der Waals surface area contributed by atoms with Crippen molar-refractivity contribution in [2.75, 3.05) is 13.2 Å². The molecule has 0 spiro atoms. The van der Waals surface area contributed by atoms with Gasteiger partial charge in [-0.3, -0.25) is 28.5 Å². The van der Waals surface area contributed by atoms with Crippen molar-refractivity contribution in [1.29, 1.82) is 0 Å². The molecule has 0 saturated heterocycles. The molecule has 15 nitrogen and oxygen atoms in total. The van der Waals surface area contributed by atoms with Gasteiger partial charge in [-0.1, -0.05) is 0 Å². The zero-order valence-corrected chi connectivity index (χ0v) is 20.0. The van der Waals surface area contributed by atoms with Gasteiger partial charge in [-0.15, -0.1) is 0 Å². The molecule has 1 heterocycles. The van der Waals surface area contributed by atoms with E-state index in [1.807, 2.05) is 0 Å². The Morgan fingerprint density at radius 1 is 0.857 bits per heavy atom. The van der Waals surface area contributed by atoms with Gasteiger partial charge in [0, 0.05) is 41.5 Å². The van der Waals surface area contributed by atoms with Crippen LogP contribution in [-0.2, 0) is 47.7 Å². The fourth-order valence-electron chi connectivity index (χ4n) is 3.14. The maximum absolute atomic E-state index is 12.0. The monoisotopic (exact) mass is 501 g/mol. The lowest BCUT2D eigenvalue weighted by Crippen LogP contribution is -2.51. The van der Waals surface area contributed by atoms with Crippen molar-refractivity contribution in [3.8, 4) is 0 Å². The first-order valence-corrected chi connectivity index (χ1v) is 10.2. The molecule has 15 heteroatoms. The Morgan fingerprint density at radius 3 is 1.77 bits per heavy atom. The first-order valence-electron chi connectivity index (χ1n) is 10.2. The number of rotatable bonds is 12. The van der Waals surface area contributed by atoms with E-state index in [9.17, 15) is 34.1 Å². The average Bonchev–Trinajstić information content (AvgIpc) is 3.09. The summed E-state index contributed by atoms with van der Waals surface area (Å²) in [6, 6.07) is -1.25. The minimum Gasteiger partial charge on any atom is -0.464 e. The van der Waals surface area contributed by atoms with E-state index >= 15 is 0 Å². The molecule has 0 unspecified atom stereocenters. The average molecular weight is 501 g/mol. The third kappa shape index (κ3) is 9.38. The third-order valence-corrected chi connectivity index (χ3v) is 4.35. The van der Waals surface area contributed by atoms with Crippen LogP contribution in [0.5, 0.6) is 0 Å². The summed E-state index contributed by atoms with van der Waals surface area (Å²) in [7, 11) is 0. The van der Waals surface area contributed by atoms with Crippen molar-refractivity contribution in [3.63, 3.8) is 0 Å². The van der Waals surface area contributed by atoms with Crippen molar-refractivity contribution in [2.24, 2.45) is 0 Å². The van der Waals surface area contributed by atoms with Crippen molar-refractivity contribution < 1.29 is 52.6 Å². The van der Waals surface area contributed by atoms with E-state index in [-0.39, 0.29) is 5.82 Å². The Morgan fingerprint density at radius 2 is 1.34 bits per heavy atom. The van der Waals surface area contributed by atoms with Gasteiger partial charge in [-0.2, -0.15) is 0 Å². The van der Waals surface area contributed by atoms with Crippen LogP contribution in [0.15, 0.2) is 6.20 Å². The fraction of sp³-hybridized carbons (Fsp3) is 0.600. The lowest BCUT2D eigenvalue weighted by atomic mass is 10.00. The fourth-order valence-corrected chi connectivity index (χ4v) is 3.14. The molecule has 0 aliphatic heterocycles. The first-order chi connectivity index (χ1) is 16.2. The number of aryl methyl sites for hydroxylation is 1.